The van der Waals surface area contributed by atoms with Crippen molar-refractivity contribution in [3.05, 3.63) is 16.1 Å². The monoisotopic (exact) mass is 554 g/mol. The first-order valence-electron chi connectivity index (χ1n) is 8.70. The highest BCUT2D eigenvalue weighted by Crippen LogP contribution is 2.44. The van der Waals surface area contributed by atoms with E-state index in [1.54, 1.807) is 24.6 Å². The van der Waals surface area contributed by atoms with Crippen LogP contribution >= 0.6 is 22.6 Å². The zero-order valence-corrected chi connectivity index (χ0v) is 18.8. The number of nitrogens with two attached hydrogens (primary N) is 2. The Morgan fingerprint density at radius 2 is 2.03 bits per heavy atom. The summed E-state index contributed by atoms with van der Waals surface area (Å²) < 4.78 is 43.9. The van der Waals surface area contributed by atoms with E-state index in [2.05, 4.69) is 32.6 Å². The first kappa shape index (κ1) is 21.4. The van der Waals surface area contributed by atoms with E-state index in [0.29, 0.717) is 16.9 Å². The van der Waals surface area contributed by atoms with Crippen molar-refractivity contribution >= 4 is 55.7 Å². The van der Waals surface area contributed by atoms with Gasteiger partial charge in [0, 0.05) is 9.77 Å². The molecule has 2 aromatic heterocycles. The second-order valence-electron chi connectivity index (χ2n) is 7.33. The Balaban J connectivity index is 1.74. The topological polar surface area (TPSA) is 185 Å². The summed E-state index contributed by atoms with van der Waals surface area (Å²) in [6, 6.07) is 0. The van der Waals surface area contributed by atoms with Crippen LogP contribution in [0.2, 0.25) is 0 Å². The fourth-order valence-corrected chi connectivity index (χ4v) is 5.13. The molecule has 15 heteroatoms. The van der Waals surface area contributed by atoms with Gasteiger partial charge < -0.3 is 29.6 Å². The number of fused-ring (bicyclic) bond motifs is 2. The third-order valence-electron chi connectivity index (χ3n) is 4.86. The third-order valence-corrected chi connectivity index (χ3v) is 6.60. The van der Waals surface area contributed by atoms with Gasteiger partial charge in [0.25, 0.3) is 0 Å². The van der Waals surface area contributed by atoms with E-state index in [1.807, 2.05) is 0 Å². The second-order valence-corrected chi connectivity index (χ2v) is 9.96. The van der Waals surface area contributed by atoms with Gasteiger partial charge in [-0.15, -0.1) is 0 Å². The van der Waals surface area contributed by atoms with Crippen molar-refractivity contribution < 1.29 is 32.5 Å². The summed E-state index contributed by atoms with van der Waals surface area (Å²) in [6.45, 7) is 2.84. The molecule has 0 spiro atoms. The Bertz CT molecular complexity index is 1120. The Morgan fingerprint density at radius 1 is 1.37 bits per heavy atom. The Morgan fingerprint density at radius 3 is 2.67 bits per heavy atom. The van der Waals surface area contributed by atoms with Crippen molar-refractivity contribution in [2.24, 2.45) is 5.14 Å². The van der Waals surface area contributed by atoms with E-state index in [9.17, 15) is 18.3 Å². The minimum Gasteiger partial charge on any atom is -0.464 e. The largest absolute Gasteiger partial charge is 0.464 e. The van der Waals surface area contributed by atoms with Crippen LogP contribution in [0, 0.1) is 3.57 Å². The molecule has 2 aliphatic heterocycles. The summed E-state index contributed by atoms with van der Waals surface area (Å²) in [5.74, 6) is -0.695. The molecule has 0 aromatic carbocycles. The predicted octanol–water partition coefficient (Wildman–Crippen LogP) is 0.219. The lowest BCUT2D eigenvalue weighted by atomic mass is 10.1. The number of anilines is 1. The van der Waals surface area contributed by atoms with Crippen LogP contribution in [-0.4, -0.2) is 69.1 Å². The molecule has 0 bridgehead atoms. The van der Waals surface area contributed by atoms with Gasteiger partial charge >= 0.3 is 16.3 Å². The van der Waals surface area contributed by atoms with Crippen LogP contribution in [0.5, 0.6) is 0 Å². The van der Waals surface area contributed by atoms with E-state index < -0.39 is 53.2 Å². The molecular formula is C15H19IN6O7S. The molecule has 4 rings (SSSR count). The van der Waals surface area contributed by atoms with Crippen molar-refractivity contribution in [1.29, 1.82) is 0 Å². The first-order chi connectivity index (χ1) is 13.9. The molecule has 13 nitrogen and oxygen atoms in total. The number of nitrogen functional groups attached to an aromatic ring is 1. The number of halogens is 1. The summed E-state index contributed by atoms with van der Waals surface area (Å²) in [5, 5.41) is 15.0. The molecule has 2 fully saturated rings. The molecule has 0 unspecified atom stereocenters. The predicted molar refractivity (Wildman–Crippen MR) is 110 cm³/mol. The minimum absolute atomic E-state index is 0.115. The fraction of sp³-hybridized carbons (Fsp3) is 0.533. The molecule has 0 saturated carbocycles. The zero-order valence-electron chi connectivity index (χ0n) is 15.8. The Hall–Kier alpha value is -1.79. The molecule has 0 radical (unpaired) electrons. The average Bonchev–Trinajstić information content (AvgIpc) is 3.21. The maximum absolute atomic E-state index is 11.7. The van der Waals surface area contributed by atoms with Crippen LogP contribution in [0.1, 0.15) is 20.1 Å². The SMILES string of the molecule is CC1(C)O[C@@H]2[C@H](O1)[C@@H](CN(C(=O)O)S(N)(=O)=O)O[C@H]2n1cc(I)c2c(N)ncnc21. The summed E-state index contributed by atoms with van der Waals surface area (Å²) in [7, 11) is -4.52. The van der Waals surface area contributed by atoms with Crippen molar-refractivity contribution in [3.8, 4) is 0 Å². The van der Waals surface area contributed by atoms with Gasteiger partial charge in [0.2, 0.25) is 0 Å². The van der Waals surface area contributed by atoms with Crippen LogP contribution in [0.4, 0.5) is 10.6 Å². The van der Waals surface area contributed by atoms with Gasteiger partial charge in [0.1, 0.15) is 36.1 Å². The third kappa shape index (κ3) is 3.58. The number of ether oxygens (including phenoxy) is 3. The summed E-state index contributed by atoms with van der Waals surface area (Å²) >= 11 is 2.09. The van der Waals surface area contributed by atoms with Crippen molar-refractivity contribution in [2.75, 3.05) is 12.3 Å². The Labute approximate surface area is 184 Å². The van der Waals surface area contributed by atoms with E-state index in [0.717, 1.165) is 3.57 Å². The van der Waals surface area contributed by atoms with Crippen LogP contribution in [0.25, 0.3) is 11.0 Å². The van der Waals surface area contributed by atoms with Gasteiger partial charge in [-0.1, -0.05) is 0 Å². The molecule has 4 atom stereocenters. The summed E-state index contributed by atoms with van der Waals surface area (Å²) in [5.41, 5.74) is 6.47. The summed E-state index contributed by atoms with van der Waals surface area (Å²) in [4.78, 5) is 19.7. The van der Waals surface area contributed by atoms with Gasteiger partial charge in [-0.25, -0.2) is 19.9 Å². The Kier molecular flexibility index (Phi) is 5.09. The summed E-state index contributed by atoms with van der Waals surface area (Å²) in [6.07, 6.45) is -1.81. The second kappa shape index (κ2) is 7.13. The number of aromatic nitrogens is 3. The van der Waals surface area contributed by atoms with Gasteiger partial charge in [-0.05, 0) is 36.4 Å². The van der Waals surface area contributed by atoms with Crippen molar-refractivity contribution in [3.63, 3.8) is 0 Å². The zero-order chi connectivity index (χ0) is 22.0. The van der Waals surface area contributed by atoms with Crippen molar-refractivity contribution in [1.82, 2.24) is 18.8 Å². The molecule has 5 N–H and O–H groups in total. The molecule has 4 heterocycles. The lowest BCUT2D eigenvalue weighted by molar-refractivity contribution is -0.196. The smallest absolute Gasteiger partial charge is 0.422 e. The standard InChI is InChI=1S/C15H19IN6O7S/c1-15(2)28-9-7(4-22(14(23)24)30(18,25)26)27-13(10(9)29-15)21-3-6(16)8-11(17)19-5-20-12(8)21/h3,5,7,9-10,13H,4H2,1-2H3,(H,23,24)(H2,17,19,20)(H2,18,25,26)/t7-,9-,10-,13-/m1/s1. The van der Waals surface area contributed by atoms with Gasteiger partial charge in [0.05, 0.1) is 11.9 Å². The number of rotatable bonds is 4. The number of hydrogen-bond acceptors (Lipinski definition) is 9. The minimum atomic E-state index is -4.52. The highest BCUT2D eigenvalue weighted by atomic mass is 127. The molecule has 0 aliphatic carbocycles. The molecule has 30 heavy (non-hydrogen) atoms. The normalized spacial score (nSPS) is 28.0. The van der Waals surface area contributed by atoms with Crippen LogP contribution in [-0.2, 0) is 24.4 Å². The van der Waals surface area contributed by atoms with Gasteiger partial charge in [0.15, 0.2) is 12.0 Å². The van der Waals surface area contributed by atoms with E-state index in [-0.39, 0.29) is 4.31 Å². The van der Waals surface area contributed by atoms with Gasteiger partial charge in [-0.3, -0.25) is 0 Å². The van der Waals surface area contributed by atoms with Crippen LogP contribution in [0.3, 0.4) is 0 Å². The molecule has 164 valence electrons. The lowest BCUT2D eigenvalue weighted by Gasteiger charge is -2.26. The molecular weight excluding hydrogens is 535 g/mol. The fourth-order valence-electron chi connectivity index (χ4n) is 3.74. The number of hydrogen-bond donors (Lipinski definition) is 3. The average molecular weight is 554 g/mol. The van der Waals surface area contributed by atoms with Crippen molar-refractivity contribution in [2.45, 2.75) is 44.2 Å². The highest BCUT2D eigenvalue weighted by molar-refractivity contribution is 14.1. The molecule has 1 amide bonds. The van der Waals surface area contributed by atoms with Crippen LogP contribution < -0.4 is 10.9 Å². The number of carbonyl (C=O) groups is 1. The maximum Gasteiger partial charge on any atom is 0.422 e. The lowest BCUT2D eigenvalue weighted by Crippen LogP contribution is -2.47. The number of carboxylic acid groups (broad SMARTS) is 1. The quantitative estimate of drug-likeness (QED) is 0.442. The van der Waals surface area contributed by atoms with E-state index in [4.69, 9.17) is 25.1 Å². The first-order valence-corrected chi connectivity index (χ1v) is 11.3. The number of amides is 1. The highest BCUT2D eigenvalue weighted by Gasteiger charge is 2.57. The van der Waals surface area contributed by atoms with E-state index >= 15 is 0 Å². The number of nitrogens with zero attached hydrogens (tertiary/aromatic N) is 4. The van der Waals surface area contributed by atoms with Crippen LogP contribution in [0.15, 0.2) is 12.5 Å². The molecule has 2 aliphatic rings. The van der Waals surface area contributed by atoms with Gasteiger partial charge in [-0.2, -0.15) is 12.7 Å². The van der Waals surface area contributed by atoms with E-state index in [1.165, 1.54) is 6.33 Å². The molecule has 2 aromatic rings. The maximum atomic E-state index is 11.7. The molecule has 2 saturated heterocycles.